The minimum absolute atomic E-state index is 0.0585. The van der Waals surface area contributed by atoms with Crippen molar-refractivity contribution >= 4 is 22.8 Å². The number of nitro groups is 1. The first kappa shape index (κ1) is 13.2. The predicted octanol–water partition coefficient (Wildman–Crippen LogP) is 2.65. The van der Waals surface area contributed by atoms with Gasteiger partial charge in [-0.2, -0.15) is 0 Å². The van der Waals surface area contributed by atoms with Crippen LogP contribution in [0.25, 0.3) is 0 Å². The second-order valence-corrected chi connectivity index (χ2v) is 4.87. The minimum atomic E-state index is -0.955. The second-order valence-electron chi connectivity index (χ2n) is 3.85. The van der Waals surface area contributed by atoms with Crippen LogP contribution in [0, 0.1) is 22.5 Å². The number of hydrogen-bond acceptors (Lipinski definition) is 5. The molecule has 5 nitrogen and oxygen atoms in total. The Balaban J connectivity index is 3.19. The third-order valence-electron chi connectivity index (χ3n) is 1.92. The fourth-order valence-corrected chi connectivity index (χ4v) is 2.00. The summed E-state index contributed by atoms with van der Waals surface area (Å²) in [5, 5.41) is 10.9. The van der Waals surface area contributed by atoms with Gasteiger partial charge in [0.25, 0.3) is 5.06 Å². The third kappa shape index (κ3) is 3.04. The van der Waals surface area contributed by atoms with Gasteiger partial charge in [0.15, 0.2) is 11.4 Å². The van der Waals surface area contributed by atoms with Crippen molar-refractivity contribution < 1.29 is 14.5 Å². The number of ether oxygens (including phenoxy) is 1. The minimum Gasteiger partial charge on any atom is -0.460 e. The number of hydrogen-bond donors (Lipinski definition) is 0. The monoisotopic (exact) mass is 253 g/mol. The summed E-state index contributed by atoms with van der Waals surface area (Å²) in [6, 6.07) is 1.20. The normalized spacial score (nSPS) is 10.7. The van der Waals surface area contributed by atoms with Crippen molar-refractivity contribution in [3.8, 4) is 17.4 Å². The van der Waals surface area contributed by atoms with Crippen molar-refractivity contribution in [3.63, 3.8) is 0 Å². The molecular formula is C11H11NO4S. The summed E-state index contributed by atoms with van der Waals surface area (Å²) >= 11 is 0.929. The largest absolute Gasteiger partial charge is 0.460 e. The lowest BCUT2D eigenvalue weighted by atomic mass is 10.1. The molecule has 0 bridgehead atoms. The number of rotatable bonds is 4. The number of carbonyl (C=O) groups excluding carboxylic acids is 1. The summed E-state index contributed by atoms with van der Waals surface area (Å²) in [5.41, 5.74) is -1.19. The van der Waals surface area contributed by atoms with E-state index < -0.39 is 10.5 Å². The van der Waals surface area contributed by atoms with Crippen molar-refractivity contribution in [2.24, 2.45) is 0 Å². The first-order valence-corrected chi connectivity index (χ1v) is 5.54. The standard InChI is InChI=1S/C11H11NO4S/c1-5-11(3,4)16-10-8(12(14)15)6-9(17-10)7(2)13/h1,6H,2-4H3. The molecule has 17 heavy (non-hydrogen) atoms. The van der Waals surface area contributed by atoms with E-state index in [1.165, 1.54) is 13.0 Å². The van der Waals surface area contributed by atoms with Gasteiger partial charge in [-0.3, -0.25) is 14.9 Å². The van der Waals surface area contributed by atoms with E-state index >= 15 is 0 Å². The third-order valence-corrected chi connectivity index (χ3v) is 3.02. The Morgan fingerprint density at radius 1 is 1.65 bits per heavy atom. The quantitative estimate of drug-likeness (QED) is 0.358. The van der Waals surface area contributed by atoms with E-state index in [9.17, 15) is 14.9 Å². The summed E-state index contributed by atoms with van der Waals surface area (Å²) in [6.07, 6.45) is 5.24. The van der Waals surface area contributed by atoms with Crippen LogP contribution in [0.4, 0.5) is 5.69 Å². The van der Waals surface area contributed by atoms with Gasteiger partial charge in [-0.1, -0.05) is 17.3 Å². The maximum Gasteiger partial charge on any atom is 0.323 e. The van der Waals surface area contributed by atoms with Crippen molar-refractivity contribution in [2.75, 3.05) is 0 Å². The number of ketones is 1. The molecule has 0 aliphatic rings. The van der Waals surface area contributed by atoms with Crippen molar-refractivity contribution in [1.82, 2.24) is 0 Å². The predicted molar refractivity (Wildman–Crippen MR) is 64.5 cm³/mol. The van der Waals surface area contributed by atoms with Gasteiger partial charge < -0.3 is 4.74 Å². The van der Waals surface area contributed by atoms with Crippen molar-refractivity contribution in [2.45, 2.75) is 26.4 Å². The van der Waals surface area contributed by atoms with Gasteiger partial charge >= 0.3 is 5.69 Å². The average Bonchev–Trinajstić information content (AvgIpc) is 2.61. The van der Waals surface area contributed by atoms with Crippen LogP contribution in [0.1, 0.15) is 30.4 Å². The molecule has 1 aromatic heterocycles. The van der Waals surface area contributed by atoms with Crippen LogP contribution in [0.5, 0.6) is 5.06 Å². The number of carbonyl (C=O) groups is 1. The molecule has 0 spiro atoms. The number of terminal acetylenes is 1. The highest BCUT2D eigenvalue weighted by Crippen LogP contribution is 2.39. The molecule has 0 saturated heterocycles. The molecule has 0 aliphatic heterocycles. The smallest absolute Gasteiger partial charge is 0.323 e. The molecule has 1 rings (SSSR count). The highest BCUT2D eigenvalue weighted by atomic mass is 32.1. The van der Waals surface area contributed by atoms with E-state index in [1.807, 2.05) is 0 Å². The van der Waals surface area contributed by atoms with E-state index in [-0.39, 0.29) is 21.4 Å². The maximum atomic E-state index is 11.2. The van der Waals surface area contributed by atoms with Gasteiger partial charge in [-0.15, -0.1) is 6.42 Å². The molecule has 0 N–H and O–H groups in total. The fraction of sp³-hybridized carbons (Fsp3) is 0.364. The van der Waals surface area contributed by atoms with E-state index in [0.717, 1.165) is 11.3 Å². The van der Waals surface area contributed by atoms with E-state index in [4.69, 9.17) is 11.2 Å². The van der Waals surface area contributed by atoms with Crippen LogP contribution < -0.4 is 4.74 Å². The van der Waals surface area contributed by atoms with Crippen LogP contribution in [0.2, 0.25) is 0 Å². The Morgan fingerprint density at radius 3 is 2.65 bits per heavy atom. The molecule has 1 heterocycles. The number of Topliss-reactive ketones (excluding diaryl/α,β-unsaturated/α-hetero) is 1. The van der Waals surface area contributed by atoms with Gasteiger partial charge in [0.1, 0.15) is 0 Å². The second kappa shape index (κ2) is 4.55. The van der Waals surface area contributed by atoms with Gasteiger partial charge in [0, 0.05) is 6.07 Å². The fourth-order valence-electron chi connectivity index (χ4n) is 1.000. The number of thiophene rings is 1. The van der Waals surface area contributed by atoms with E-state index in [0.29, 0.717) is 0 Å². The van der Waals surface area contributed by atoms with E-state index in [2.05, 4.69) is 5.92 Å². The molecule has 0 unspecified atom stereocenters. The molecule has 6 heteroatoms. The zero-order chi connectivity index (χ0) is 13.2. The lowest BCUT2D eigenvalue weighted by molar-refractivity contribution is -0.385. The van der Waals surface area contributed by atoms with Crippen molar-refractivity contribution in [1.29, 1.82) is 0 Å². The SMILES string of the molecule is C#CC(C)(C)Oc1sc(C(C)=O)cc1[N+](=O)[O-]. The Bertz CT molecular complexity index is 510. The maximum absolute atomic E-state index is 11.2. The van der Waals surface area contributed by atoms with Gasteiger partial charge in [0.2, 0.25) is 0 Å². The highest BCUT2D eigenvalue weighted by molar-refractivity contribution is 7.16. The van der Waals surface area contributed by atoms with Crippen LogP contribution in [0.3, 0.4) is 0 Å². The van der Waals surface area contributed by atoms with E-state index in [1.54, 1.807) is 13.8 Å². The summed E-state index contributed by atoms with van der Waals surface area (Å²) in [7, 11) is 0. The molecule has 0 atom stereocenters. The van der Waals surface area contributed by atoms with Gasteiger partial charge in [-0.05, 0) is 20.8 Å². The van der Waals surface area contributed by atoms with Crippen LogP contribution >= 0.6 is 11.3 Å². The first-order valence-electron chi connectivity index (χ1n) is 4.73. The molecule has 0 aromatic carbocycles. The summed E-state index contributed by atoms with van der Waals surface area (Å²) in [5.74, 6) is 2.13. The highest BCUT2D eigenvalue weighted by Gasteiger charge is 2.27. The Labute approximate surface area is 103 Å². The molecule has 0 fully saturated rings. The molecule has 1 aromatic rings. The summed E-state index contributed by atoms with van der Waals surface area (Å²) in [4.78, 5) is 21.6. The summed E-state index contributed by atoms with van der Waals surface area (Å²) in [6.45, 7) is 4.57. The van der Waals surface area contributed by atoms with Crippen LogP contribution in [0.15, 0.2) is 6.07 Å². The van der Waals surface area contributed by atoms with Crippen LogP contribution in [-0.2, 0) is 0 Å². The molecule has 0 amide bonds. The molecule has 0 aliphatic carbocycles. The first-order chi connectivity index (χ1) is 7.76. The number of nitrogens with zero attached hydrogens (tertiary/aromatic N) is 1. The Hall–Kier alpha value is -1.87. The summed E-state index contributed by atoms with van der Waals surface area (Å²) < 4.78 is 5.36. The van der Waals surface area contributed by atoms with Gasteiger partial charge in [0.05, 0.1) is 9.80 Å². The lowest BCUT2D eigenvalue weighted by Crippen LogP contribution is -2.25. The van der Waals surface area contributed by atoms with Crippen molar-refractivity contribution in [3.05, 3.63) is 21.1 Å². The Morgan fingerprint density at radius 2 is 2.24 bits per heavy atom. The average molecular weight is 253 g/mol. The lowest BCUT2D eigenvalue weighted by Gasteiger charge is -2.17. The van der Waals surface area contributed by atoms with Crippen LogP contribution in [-0.4, -0.2) is 16.3 Å². The zero-order valence-corrected chi connectivity index (χ0v) is 10.5. The zero-order valence-electron chi connectivity index (χ0n) is 9.64. The molecule has 0 radical (unpaired) electrons. The van der Waals surface area contributed by atoms with Gasteiger partial charge in [-0.25, -0.2) is 0 Å². The molecule has 90 valence electrons. The topological polar surface area (TPSA) is 69.4 Å². The Kier molecular flexibility index (Phi) is 3.53. The molecular weight excluding hydrogens is 242 g/mol. The molecule has 0 saturated carbocycles.